The molecular formula is C22H22F2N4O4. The number of rotatable bonds is 3. The minimum absolute atomic E-state index is 0.0190. The van der Waals surface area contributed by atoms with E-state index in [1.165, 1.54) is 10.6 Å². The Hall–Kier alpha value is -3.27. The number of fused-ring (bicyclic) bond motifs is 4. The number of benzene rings is 1. The van der Waals surface area contributed by atoms with Gasteiger partial charge in [0.2, 0.25) is 5.43 Å². The van der Waals surface area contributed by atoms with E-state index >= 15 is 0 Å². The van der Waals surface area contributed by atoms with Crippen molar-refractivity contribution >= 4 is 11.8 Å². The van der Waals surface area contributed by atoms with E-state index in [0.29, 0.717) is 6.07 Å². The summed E-state index contributed by atoms with van der Waals surface area (Å²) in [6.07, 6.45) is 3.07. The maximum Gasteiger partial charge on any atom is 0.276 e. The molecule has 3 heterocycles. The molecule has 0 radical (unpaired) electrons. The second-order valence-corrected chi connectivity index (χ2v) is 8.59. The van der Waals surface area contributed by atoms with Crippen molar-refractivity contribution in [2.45, 2.75) is 56.9 Å². The third-order valence-corrected chi connectivity index (χ3v) is 6.79. The van der Waals surface area contributed by atoms with Crippen molar-refractivity contribution in [1.29, 1.82) is 0 Å². The zero-order valence-corrected chi connectivity index (χ0v) is 17.1. The SMILES string of the molecule is NC(=O)c1c(Cc2ccc(F)cc2F)n2c(c(O)c1=O)C(=O)N1C(C2)NC2CCCCC21. The van der Waals surface area contributed by atoms with Gasteiger partial charge in [-0.1, -0.05) is 18.9 Å². The molecule has 1 saturated heterocycles. The van der Waals surface area contributed by atoms with E-state index in [0.717, 1.165) is 31.7 Å². The zero-order valence-electron chi connectivity index (χ0n) is 17.1. The topological polar surface area (TPSA) is 118 Å². The Morgan fingerprint density at radius 3 is 2.69 bits per heavy atom. The van der Waals surface area contributed by atoms with Crippen LogP contribution in [0.2, 0.25) is 0 Å². The zero-order chi connectivity index (χ0) is 22.7. The molecule has 3 atom stereocenters. The molecule has 1 aromatic carbocycles. The largest absolute Gasteiger partial charge is 0.503 e. The molecule has 5 rings (SSSR count). The third-order valence-electron chi connectivity index (χ3n) is 6.79. The number of pyridine rings is 1. The van der Waals surface area contributed by atoms with Crippen LogP contribution in [0.25, 0.3) is 0 Å². The second-order valence-electron chi connectivity index (χ2n) is 8.59. The number of carbonyl (C=O) groups excluding carboxylic acids is 2. The van der Waals surface area contributed by atoms with Gasteiger partial charge < -0.3 is 20.3 Å². The number of amides is 2. The average Bonchev–Trinajstić information content (AvgIpc) is 3.12. The minimum Gasteiger partial charge on any atom is -0.503 e. The van der Waals surface area contributed by atoms with Gasteiger partial charge in [-0.25, -0.2) is 8.78 Å². The van der Waals surface area contributed by atoms with Crippen LogP contribution in [0.4, 0.5) is 8.78 Å². The quantitative estimate of drug-likeness (QED) is 0.658. The van der Waals surface area contributed by atoms with E-state index in [2.05, 4.69) is 5.32 Å². The summed E-state index contributed by atoms with van der Waals surface area (Å²) < 4.78 is 29.1. The highest BCUT2D eigenvalue weighted by Crippen LogP contribution is 2.36. The molecule has 1 aliphatic carbocycles. The Balaban J connectivity index is 1.68. The van der Waals surface area contributed by atoms with Crippen molar-refractivity contribution < 1.29 is 23.5 Å². The van der Waals surface area contributed by atoms with Gasteiger partial charge in [0.05, 0.1) is 6.54 Å². The molecule has 2 aliphatic heterocycles. The van der Waals surface area contributed by atoms with Gasteiger partial charge in [-0.2, -0.15) is 0 Å². The molecule has 2 amide bonds. The molecule has 1 aromatic heterocycles. The first kappa shape index (κ1) is 20.6. The molecule has 168 valence electrons. The van der Waals surface area contributed by atoms with Crippen LogP contribution in [0.3, 0.4) is 0 Å². The number of carbonyl (C=O) groups is 2. The Labute approximate surface area is 181 Å². The fourth-order valence-corrected chi connectivity index (χ4v) is 5.38. The molecule has 10 heteroatoms. The van der Waals surface area contributed by atoms with Gasteiger partial charge in [0.1, 0.15) is 23.4 Å². The molecule has 4 N–H and O–H groups in total. The minimum atomic E-state index is -1.10. The van der Waals surface area contributed by atoms with E-state index < -0.39 is 46.4 Å². The number of nitrogens with one attached hydrogen (secondary N) is 1. The van der Waals surface area contributed by atoms with Crippen LogP contribution in [0.5, 0.6) is 5.75 Å². The van der Waals surface area contributed by atoms with Crippen molar-refractivity contribution in [2.24, 2.45) is 5.73 Å². The standard InChI is InChI=1S/C22H22F2N4O4/c23-11-6-5-10(12(24)8-11)7-15-17(21(25)31)19(29)20(30)18-22(32)28-14-4-2-1-3-13(14)26-16(28)9-27(15)18/h5-6,8,13-14,16,26,30H,1-4,7,9H2,(H2,25,31). The predicted molar refractivity (Wildman–Crippen MR) is 109 cm³/mol. The number of nitrogens with two attached hydrogens (primary N) is 1. The van der Waals surface area contributed by atoms with Crippen LogP contribution in [0.15, 0.2) is 23.0 Å². The van der Waals surface area contributed by atoms with Gasteiger partial charge in [-0.15, -0.1) is 0 Å². The number of hydrogen-bond donors (Lipinski definition) is 3. The summed E-state index contributed by atoms with van der Waals surface area (Å²) in [5.74, 6) is -4.08. The summed E-state index contributed by atoms with van der Waals surface area (Å²) in [6.45, 7) is 0.153. The summed E-state index contributed by atoms with van der Waals surface area (Å²) in [6, 6.07) is 3.03. The lowest BCUT2D eigenvalue weighted by molar-refractivity contribution is 0.0541. The van der Waals surface area contributed by atoms with Crippen LogP contribution < -0.4 is 16.5 Å². The number of nitrogens with zero attached hydrogens (tertiary/aromatic N) is 2. The lowest BCUT2D eigenvalue weighted by Crippen LogP contribution is -2.52. The highest BCUT2D eigenvalue weighted by Gasteiger charge is 2.49. The summed E-state index contributed by atoms with van der Waals surface area (Å²) in [4.78, 5) is 40.1. The fourth-order valence-electron chi connectivity index (χ4n) is 5.38. The highest BCUT2D eigenvalue weighted by molar-refractivity contribution is 6.00. The molecule has 8 nitrogen and oxygen atoms in total. The van der Waals surface area contributed by atoms with Gasteiger partial charge in [0, 0.05) is 30.3 Å². The van der Waals surface area contributed by atoms with Crippen LogP contribution in [0, 0.1) is 11.6 Å². The molecule has 32 heavy (non-hydrogen) atoms. The first-order valence-corrected chi connectivity index (χ1v) is 10.6. The number of aromatic hydroxyl groups is 1. The number of aromatic nitrogens is 1. The predicted octanol–water partition coefficient (Wildman–Crippen LogP) is 1.22. The normalized spacial score (nSPS) is 24.1. The van der Waals surface area contributed by atoms with E-state index in [-0.39, 0.29) is 42.0 Å². The highest BCUT2D eigenvalue weighted by atomic mass is 19.1. The molecule has 0 spiro atoms. The first-order chi connectivity index (χ1) is 15.3. The van der Waals surface area contributed by atoms with Gasteiger partial charge >= 0.3 is 0 Å². The van der Waals surface area contributed by atoms with Gasteiger partial charge in [-0.3, -0.25) is 19.7 Å². The monoisotopic (exact) mass is 444 g/mol. The van der Waals surface area contributed by atoms with Crippen molar-refractivity contribution in [3.63, 3.8) is 0 Å². The third kappa shape index (κ3) is 3.01. The van der Waals surface area contributed by atoms with Crippen LogP contribution in [-0.4, -0.2) is 44.6 Å². The summed E-state index contributed by atoms with van der Waals surface area (Å²) >= 11 is 0. The van der Waals surface area contributed by atoms with Gasteiger partial charge in [0.15, 0.2) is 11.4 Å². The lowest BCUT2D eigenvalue weighted by Gasteiger charge is -2.38. The smallest absolute Gasteiger partial charge is 0.276 e. The Kier molecular flexibility index (Phi) is 4.77. The van der Waals surface area contributed by atoms with Gasteiger partial charge in [0.25, 0.3) is 11.8 Å². The lowest BCUT2D eigenvalue weighted by atomic mass is 9.90. The molecule has 2 fully saturated rings. The van der Waals surface area contributed by atoms with Crippen molar-refractivity contribution in [3.05, 3.63) is 62.6 Å². The molecule has 3 unspecified atom stereocenters. The summed E-state index contributed by atoms with van der Waals surface area (Å²) in [5.41, 5.74) is 3.67. The Morgan fingerprint density at radius 1 is 1.22 bits per heavy atom. The van der Waals surface area contributed by atoms with Crippen molar-refractivity contribution in [1.82, 2.24) is 14.8 Å². The average molecular weight is 444 g/mol. The van der Waals surface area contributed by atoms with Crippen LogP contribution in [-0.2, 0) is 13.0 Å². The molecule has 3 aliphatic rings. The van der Waals surface area contributed by atoms with Crippen LogP contribution in [0.1, 0.15) is 57.8 Å². The van der Waals surface area contributed by atoms with Crippen molar-refractivity contribution in [2.75, 3.05) is 0 Å². The van der Waals surface area contributed by atoms with E-state index in [4.69, 9.17) is 5.73 Å². The fraction of sp³-hybridized carbons (Fsp3) is 0.409. The van der Waals surface area contributed by atoms with Crippen LogP contribution >= 0.6 is 0 Å². The number of hydrogen-bond acceptors (Lipinski definition) is 5. The Bertz CT molecular complexity index is 1210. The second kappa shape index (κ2) is 7.40. The molecule has 2 aromatic rings. The summed E-state index contributed by atoms with van der Waals surface area (Å²) in [7, 11) is 0. The number of halogens is 2. The molecule has 0 bridgehead atoms. The Morgan fingerprint density at radius 2 is 1.97 bits per heavy atom. The van der Waals surface area contributed by atoms with E-state index in [9.17, 15) is 28.3 Å². The maximum absolute atomic E-state index is 14.4. The summed E-state index contributed by atoms with van der Waals surface area (Å²) in [5, 5.41) is 14.1. The molecular weight excluding hydrogens is 422 g/mol. The van der Waals surface area contributed by atoms with E-state index in [1.807, 2.05) is 0 Å². The van der Waals surface area contributed by atoms with Gasteiger partial charge in [-0.05, 0) is 24.5 Å². The first-order valence-electron chi connectivity index (χ1n) is 10.6. The number of primary amides is 1. The molecule has 1 saturated carbocycles. The van der Waals surface area contributed by atoms with E-state index in [1.54, 1.807) is 4.90 Å². The maximum atomic E-state index is 14.4. The van der Waals surface area contributed by atoms with Crippen molar-refractivity contribution in [3.8, 4) is 5.75 Å².